The van der Waals surface area contributed by atoms with Crippen LogP contribution in [0.15, 0.2) is 18.2 Å². The maximum atomic E-state index is 6.15. The van der Waals surface area contributed by atoms with Gasteiger partial charge in [-0.25, -0.2) is 0 Å². The van der Waals surface area contributed by atoms with Crippen molar-refractivity contribution in [3.05, 3.63) is 23.8 Å². The molecule has 4 nitrogen and oxygen atoms in total. The van der Waals surface area contributed by atoms with E-state index in [0.717, 1.165) is 30.9 Å². The molecule has 21 heavy (non-hydrogen) atoms. The Bertz CT molecular complexity index is 495. The topological polar surface area (TPSA) is 41.7 Å². The van der Waals surface area contributed by atoms with Gasteiger partial charge in [0, 0.05) is 19.6 Å². The van der Waals surface area contributed by atoms with Crippen LogP contribution in [0.3, 0.4) is 0 Å². The average molecular weight is 289 g/mol. The summed E-state index contributed by atoms with van der Waals surface area (Å²) in [5.74, 6) is 0.982. The molecular weight excluding hydrogens is 262 g/mol. The molecule has 2 N–H and O–H groups in total. The molecule has 2 aliphatic heterocycles. The summed E-state index contributed by atoms with van der Waals surface area (Å²) in [6.07, 6.45) is 2.70. The minimum Gasteiger partial charge on any atom is -0.484 e. The van der Waals surface area contributed by atoms with Crippen LogP contribution in [-0.4, -0.2) is 43.2 Å². The molecule has 1 aromatic carbocycles. The molecule has 0 saturated carbocycles. The summed E-state index contributed by atoms with van der Waals surface area (Å²) in [7, 11) is 0. The van der Waals surface area contributed by atoms with Crippen LogP contribution < -0.4 is 15.4 Å². The molecule has 0 amide bonds. The highest BCUT2D eigenvalue weighted by atomic mass is 16.5. The van der Waals surface area contributed by atoms with E-state index in [-0.39, 0.29) is 5.60 Å². The molecule has 0 spiro atoms. The van der Waals surface area contributed by atoms with Gasteiger partial charge in [0.2, 0.25) is 0 Å². The van der Waals surface area contributed by atoms with Gasteiger partial charge in [0.1, 0.15) is 11.4 Å². The Labute approximate surface area is 127 Å². The number of rotatable bonds is 4. The van der Waals surface area contributed by atoms with Gasteiger partial charge in [-0.1, -0.05) is 6.07 Å². The third kappa shape index (κ3) is 3.33. The van der Waals surface area contributed by atoms with E-state index < -0.39 is 0 Å². The first kappa shape index (κ1) is 14.7. The first-order valence-electron chi connectivity index (χ1n) is 8.07. The molecule has 1 saturated heterocycles. The van der Waals surface area contributed by atoms with Gasteiger partial charge < -0.3 is 20.3 Å². The van der Waals surface area contributed by atoms with Crippen molar-refractivity contribution in [2.24, 2.45) is 5.73 Å². The molecule has 0 atom stereocenters. The molecular formula is C17H27N3O. The number of nitrogens with zero attached hydrogens (tertiary/aromatic N) is 2. The van der Waals surface area contributed by atoms with Crippen LogP contribution in [0.4, 0.5) is 5.69 Å². The molecule has 0 unspecified atom stereocenters. The number of fused-ring (bicyclic) bond motifs is 1. The van der Waals surface area contributed by atoms with E-state index in [9.17, 15) is 0 Å². The van der Waals surface area contributed by atoms with Crippen molar-refractivity contribution < 1.29 is 4.74 Å². The first-order chi connectivity index (χ1) is 10.1. The van der Waals surface area contributed by atoms with Crippen molar-refractivity contribution in [1.29, 1.82) is 0 Å². The van der Waals surface area contributed by atoms with E-state index in [2.05, 4.69) is 41.8 Å². The van der Waals surface area contributed by atoms with E-state index in [1.807, 2.05) is 0 Å². The van der Waals surface area contributed by atoms with Crippen LogP contribution in [0.1, 0.15) is 32.3 Å². The summed E-state index contributed by atoms with van der Waals surface area (Å²) < 4.78 is 6.15. The predicted molar refractivity (Wildman–Crippen MR) is 86.9 cm³/mol. The van der Waals surface area contributed by atoms with Gasteiger partial charge in [-0.05, 0) is 57.5 Å². The summed E-state index contributed by atoms with van der Waals surface area (Å²) in [6.45, 7) is 10.6. The lowest BCUT2D eigenvalue weighted by molar-refractivity contribution is 0.104. The monoisotopic (exact) mass is 289 g/mol. The predicted octanol–water partition coefficient (Wildman–Crippen LogP) is 2.22. The Balaban J connectivity index is 1.77. The standard InChI is InChI=1S/C17H27N3O/c1-17(2)13-20(10-9-19-7-3-4-8-19)15-6-5-14(12-18)11-16(15)21-17/h5-6,11H,3-4,7-10,12-13,18H2,1-2H3. The molecule has 2 heterocycles. The fraction of sp³-hybridized carbons (Fsp3) is 0.647. The van der Waals surface area contributed by atoms with Gasteiger partial charge in [0.25, 0.3) is 0 Å². The van der Waals surface area contributed by atoms with Crippen LogP contribution in [0.2, 0.25) is 0 Å². The van der Waals surface area contributed by atoms with E-state index in [0.29, 0.717) is 6.54 Å². The molecule has 0 aliphatic carbocycles. The number of hydrogen-bond acceptors (Lipinski definition) is 4. The Kier molecular flexibility index (Phi) is 4.09. The fourth-order valence-corrected chi connectivity index (χ4v) is 3.37. The number of hydrogen-bond donors (Lipinski definition) is 1. The second-order valence-electron chi connectivity index (χ2n) is 6.84. The van der Waals surface area contributed by atoms with Gasteiger partial charge in [-0.15, -0.1) is 0 Å². The lowest BCUT2D eigenvalue weighted by Crippen LogP contribution is -2.49. The Hall–Kier alpha value is -1.26. The van der Waals surface area contributed by atoms with Crippen molar-refractivity contribution in [1.82, 2.24) is 4.90 Å². The Morgan fingerprint density at radius 3 is 2.67 bits per heavy atom. The zero-order chi connectivity index (χ0) is 14.9. The third-order valence-electron chi connectivity index (χ3n) is 4.44. The van der Waals surface area contributed by atoms with Gasteiger partial charge in [-0.2, -0.15) is 0 Å². The molecule has 2 aliphatic rings. The Morgan fingerprint density at radius 1 is 1.19 bits per heavy atom. The van der Waals surface area contributed by atoms with Gasteiger partial charge in [0.15, 0.2) is 0 Å². The zero-order valence-electron chi connectivity index (χ0n) is 13.3. The maximum Gasteiger partial charge on any atom is 0.143 e. The van der Waals surface area contributed by atoms with E-state index in [1.54, 1.807) is 0 Å². The minimum atomic E-state index is -0.148. The van der Waals surface area contributed by atoms with Crippen LogP contribution in [0.5, 0.6) is 5.75 Å². The molecule has 4 heteroatoms. The van der Waals surface area contributed by atoms with Crippen molar-refractivity contribution >= 4 is 5.69 Å². The van der Waals surface area contributed by atoms with Gasteiger partial charge >= 0.3 is 0 Å². The van der Waals surface area contributed by atoms with Crippen molar-refractivity contribution in [3.8, 4) is 5.75 Å². The number of anilines is 1. The molecule has 1 fully saturated rings. The molecule has 0 aromatic heterocycles. The minimum absolute atomic E-state index is 0.148. The smallest absolute Gasteiger partial charge is 0.143 e. The number of benzene rings is 1. The summed E-state index contributed by atoms with van der Waals surface area (Å²) in [4.78, 5) is 5.04. The second kappa shape index (κ2) is 5.85. The molecule has 1 aromatic rings. The van der Waals surface area contributed by atoms with E-state index in [4.69, 9.17) is 10.5 Å². The van der Waals surface area contributed by atoms with Gasteiger partial charge in [0.05, 0.1) is 12.2 Å². The normalized spacial score (nSPS) is 21.2. The molecule has 0 bridgehead atoms. The largest absolute Gasteiger partial charge is 0.484 e. The van der Waals surface area contributed by atoms with Gasteiger partial charge in [-0.3, -0.25) is 0 Å². The van der Waals surface area contributed by atoms with Crippen molar-refractivity contribution in [2.45, 2.75) is 38.8 Å². The zero-order valence-corrected chi connectivity index (χ0v) is 13.3. The highest BCUT2D eigenvalue weighted by Gasteiger charge is 2.31. The second-order valence-corrected chi connectivity index (χ2v) is 6.84. The Morgan fingerprint density at radius 2 is 1.95 bits per heavy atom. The summed E-state index contributed by atoms with van der Waals surface area (Å²) in [5, 5.41) is 0. The number of nitrogens with two attached hydrogens (primary N) is 1. The quantitative estimate of drug-likeness (QED) is 0.923. The number of ether oxygens (including phenoxy) is 1. The van der Waals surface area contributed by atoms with Crippen molar-refractivity contribution in [2.75, 3.05) is 37.6 Å². The van der Waals surface area contributed by atoms with Crippen molar-refractivity contribution in [3.63, 3.8) is 0 Å². The van der Waals surface area contributed by atoms with Crippen LogP contribution in [-0.2, 0) is 6.54 Å². The first-order valence-corrected chi connectivity index (χ1v) is 8.07. The van der Waals surface area contributed by atoms with E-state index in [1.165, 1.54) is 31.6 Å². The van der Waals surface area contributed by atoms with Crippen LogP contribution in [0.25, 0.3) is 0 Å². The molecule has 0 radical (unpaired) electrons. The average Bonchev–Trinajstić information content (AvgIpc) is 2.96. The SMILES string of the molecule is CC1(C)CN(CCN2CCCC2)c2ccc(CN)cc2O1. The van der Waals surface area contributed by atoms with Crippen LogP contribution >= 0.6 is 0 Å². The maximum absolute atomic E-state index is 6.15. The summed E-state index contributed by atoms with van der Waals surface area (Å²) >= 11 is 0. The third-order valence-corrected chi connectivity index (χ3v) is 4.44. The highest BCUT2D eigenvalue weighted by Crippen LogP contribution is 2.37. The summed E-state index contributed by atoms with van der Waals surface area (Å²) in [6, 6.07) is 6.37. The fourth-order valence-electron chi connectivity index (χ4n) is 3.37. The highest BCUT2D eigenvalue weighted by molar-refractivity contribution is 5.62. The number of likely N-dealkylation sites (tertiary alicyclic amines) is 1. The summed E-state index contributed by atoms with van der Waals surface area (Å²) in [5.41, 5.74) is 7.95. The lowest BCUT2D eigenvalue weighted by Gasteiger charge is -2.41. The lowest BCUT2D eigenvalue weighted by atomic mass is 10.0. The molecule has 3 rings (SSSR count). The molecule has 116 valence electrons. The van der Waals surface area contributed by atoms with E-state index >= 15 is 0 Å². The van der Waals surface area contributed by atoms with Crippen LogP contribution in [0, 0.1) is 0 Å².